The first kappa shape index (κ1) is 12.8. The van der Waals surface area contributed by atoms with Crippen LogP contribution in [-0.4, -0.2) is 33.8 Å². The normalized spacial score (nSPS) is 24.1. The lowest BCUT2D eigenvalue weighted by molar-refractivity contribution is 0.0448. The molecule has 1 saturated heterocycles. The predicted molar refractivity (Wildman–Crippen MR) is 79.0 cm³/mol. The molecule has 3 rings (SSSR count). The van der Waals surface area contributed by atoms with Crippen LogP contribution in [0.1, 0.15) is 30.2 Å². The molecule has 1 atom stereocenters. The van der Waals surface area contributed by atoms with E-state index in [9.17, 15) is 5.11 Å². The number of thiophene rings is 1. The highest BCUT2D eigenvalue weighted by Crippen LogP contribution is 2.36. The van der Waals surface area contributed by atoms with Crippen LogP contribution in [0.15, 0.2) is 6.33 Å². The highest BCUT2D eigenvalue weighted by atomic mass is 32.1. The highest BCUT2D eigenvalue weighted by molar-refractivity contribution is 7.18. The third-order valence-corrected chi connectivity index (χ3v) is 5.04. The standard InChI is InChI=1S/C14H19N3OS/c1-9-10(2)19-13-11(9)12(15-8-16-13)17-6-4-5-14(3,18)7-17/h8,18H,4-7H2,1-3H3. The molecule has 0 saturated carbocycles. The molecular weight excluding hydrogens is 258 g/mol. The summed E-state index contributed by atoms with van der Waals surface area (Å²) in [6, 6.07) is 0. The number of nitrogens with zero attached hydrogens (tertiary/aromatic N) is 3. The minimum absolute atomic E-state index is 0.617. The van der Waals surface area contributed by atoms with Crippen LogP contribution in [-0.2, 0) is 0 Å². The number of rotatable bonds is 1. The number of β-amino-alcohol motifs (C(OH)–C–C–N with tert-alkyl or cyclic N) is 1. The van der Waals surface area contributed by atoms with Crippen molar-refractivity contribution in [3.8, 4) is 0 Å². The van der Waals surface area contributed by atoms with Crippen molar-refractivity contribution in [1.29, 1.82) is 0 Å². The molecular formula is C14H19N3OS. The number of aliphatic hydroxyl groups is 1. The monoisotopic (exact) mass is 277 g/mol. The Bertz CT molecular complexity index is 620. The molecule has 2 aromatic rings. The Morgan fingerprint density at radius 3 is 2.89 bits per heavy atom. The van der Waals surface area contributed by atoms with Crippen LogP contribution in [0.25, 0.3) is 10.2 Å². The van der Waals surface area contributed by atoms with Gasteiger partial charge in [-0.2, -0.15) is 0 Å². The molecule has 1 N–H and O–H groups in total. The second kappa shape index (κ2) is 4.42. The van der Waals surface area contributed by atoms with Crippen molar-refractivity contribution in [2.45, 2.75) is 39.2 Å². The van der Waals surface area contributed by atoms with Gasteiger partial charge in [-0.1, -0.05) is 0 Å². The van der Waals surface area contributed by atoms with E-state index in [4.69, 9.17) is 0 Å². The van der Waals surface area contributed by atoms with E-state index in [2.05, 4.69) is 28.7 Å². The molecule has 1 fully saturated rings. The number of piperidine rings is 1. The molecule has 1 aliphatic rings. The Morgan fingerprint density at radius 1 is 1.37 bits per heavy atom. The molecule has 0 spiro atoms. The minimum Gasteiger partial charge on any atom is -0.388 e. The first-order chi connectivity index (χ1) is 8.98. The zero-order valence-electron chi connectivity index (χ0n) is 11.6. The molecule has 19 heavy (non-hydrogen) atoms. The molecule has 0 bridgehead atoms. The average molecular weight is 277 g/mol. The topological polar surface area (TPSA) is 49.2 Å². The molecule has 4 nitrogen and oxygen atoms in total. The van der Waals surface area contributed by atoms with Crippen LogP contribution in [0, 0.1) is 13.8 Å². The van der Waals surface area contributed by atoms with E-state index in [0.717, 1.165) is 35.4 Å². The number of hydrogen-bond acceptors (Lipinski definition) is 5. The van der Waals surface area contributed by atoms with E-state index in [1.54, 1.807) is 17.7 Å². The fourth-order valence-corrected chi connectivity index (χ4v) is 3.80. The molecule has 3 heterocycles. The SMILES string of the molecule is Cc1sc2ncnc(N3CCCC(C)(O)C3)c2c1C. The molecule has 1 aliphatic heterocycles. The zero-order chi connectivity index (χ0) is 13.6. The van der Waals surface area contributed by atoms with Crippen LogP contribution in [0.2, 0.25) is 0 Å². The van der Waals surface area contributed by atoms with Gasteiger partial charge in [-0.15, -0.1) is 11.3 Å². The van der Waals surface area contributed by atoms with E-state index in [1.165, 1.54) is 10.4 Å². The van der Waals surface area contributed by atoms with Gasteiger partial charge >= 0.3 is 0 Å². The summed E-state index contributed by atoms with van der Waals surface area (Å²) in [6.45, 7) is 7.76. The van der Waals surface area contributed by atoms with Gasteiger partial charge in [-0.25, -0.2) is 9.97 Å². The Morgan fingerprint density at radius 2 is 2.16 bits per heavy atom. The summed E-state index contributed by atoms with van der Waals surface area (Å²) < 4.78 is 0. The molecule has 102 valence electrons. The third-order valence-electron chi connectivity index (χ3n) is 3.92. The van der Waals surface area contributed by atoms with E-state index in [1.807, 2.05) is 6.92 Å². The molecule has 5 heteroatoms. The van der Waals surface area contributed by atoms with Crippen LogP contribution in [0.5, 0.6) is 0 Å². The van der Waals surface area contributed by atoms with Crippen molar-refractivity contribution < 1.29 is 5.11 Å². The largest absolute Gasteiger partial charge is 0.388 e. The second-order valence-electron chi connectivity index (χ2n) is 5.68. The summed E-state index contributed by atoms with van der Waals surface area (Å²) in [6.07, 6.45) is 3.50. The quantitative estimate of drug-likeness (QED) is 0.870. The summed E-state index contributed by atoms with van der Waals surface area (Å²) in [5.74, 6) is 0.979. The van der Waals surface area contributed by atoms with Crippen molar-refractivity contribution in [2.75, 3.05) is 18.0 Å². The van der Waals surface area contributed by atoms with Gasteiger partial charge in [0.1, 0.15) is 17.0 Å². The first-order valence-electron chi connectivity index (χ1n) is 6.66. The van der Waals surface area contributed by atoms with Crippen molar-refractivity contribution in [3.63, 3.8) is 0 Å². The molecule has 2 aromatic heterocycles. The maximum Gasteiger partial charge on any atom is 0.141 e. The lowest BCUT2D eigenvalue weighted by atomic mass is 9.95. The molecule has 0 aliphatic carbocycles. The van der Waals surface area contributed by atoms with Crippen LogP contribution in [0.3, 0.4) is 0 Å². The number of aryl methyl sites for hydroxylation is 2. The number of aromatic nitrogens is 2. The Kier molecular flexibility index (Phi) is 2.98. The van der Waals surface area contributed by atoms with E-state index >= 15 is 0 Å². The van der Waals surface area contributed by atoms with Gasteiger partial charge < -0.3 is 10.0 Å². The van der Waals surface area contributed by atoms with Crippen molar-refractivity contribution in [3.05, 3.63) is 16.8 Å². The van der Waals surface area contributed by atoms with Crippen molar-refractivity contribution >= 4 is 27.4 Å². The Labute approximate surface area is 117 Å². The molecule has 0 radical (unpaired) electrons. The highest BCUT2D eigenvalue weighted by Gasteiger charge is 2.30. The summed E-state index contributed by atoms with van der Waals surface area (Å²) in [5.41, 5.74) is 0.648. The average Bonchev–Trinajstić information content (AvgIpc) is 2.64. The lowest BCUT2D eigenvalue weighted by Gasteiger charge is -2.37. The fraction of sp³-hybridized carbons (Fsp3) is 0.571. The number of anilines is 1. The second-order valence-corrected chi connectivity index (χ2v) is 6.89. The Hall–Kier alpha value is -1.20. The Balaban J connectivity index is 2.10. The van der Waals surface area contributed by atoms with Crippen LogP contribution < -0.4 is 4.90 Å². The first-order valence-corrected chi connectivity index (χ1v) is 7.48. The number of hydrogen-bond donors (Lipinski definition) is 1. The minimum atomic E-state index is -0.617. The van der Waals surface area contributed by atoms with Gasteiger partial charge in [0.05, 0.1) is 11.0 Å². The van der Waals surface area contributed by atoms with Gasteiger partial charge in [-0.3, -0.25) is 0 Å². The maximum atomic E-state index is 10.3. The van der Waals surface area contributed by atoms with Crippen LogP contribution >= 0.6 is 11.3 Å². The van der Waals surface area contributed by atoms with Gasteiger partial charge in [-0.05, 0) is 39.2 Å². The van der Waals surface area contributed by atoms with E-state index in [0.29, 0.717) is 6.54 Å². The maximum absolute atomic E-state index is 10.3. The summed E-state index contributed by atoms with van der Waals surface area (Å²) in [5, 5.41) is 11.4. The van der Waals surface area contributed by atoms with E-state index in [-0.39, 0.29) is 0 Å². The zero-order valence-corrected chi connectivity index (χ0v) is 12.4. The fourth-order valence-electron chi connectivity index (χ4n) is 2.80. The third kappa shape index (κ3) is 2.21. The van der Waals surface area contributed by atoms with Gasteiger partial charge in [0.25, 0.3) is 0 Å². The van der Waals surface area contributed by atoms with Crippen LogP contribution in [0.4, 0.5) is 5.82 Å². The molecule has 0 aromatic carbocycles. The smallest absolute Gasteiger partial charge is 0.141 e. The van der Waals surface area contributed by atoms with Crippen molar-refractivity contribution in [2.24, 2.45) is 0 Å². The summed E-state index contributed by atoms with van der Waals surface area (Å²) in [4.78, 5) is 13.4. The summed E-state index contributed by atoms with van der Waals surface area (Å²) >= 11 is 1.72. The molecule has 0 amide bonds. The molecule has 1 unspecified atom stereocenters. The predicted octanol–water partition coefficient (Wildman–Crippen LogP) is 2.66. The van der Waals surface area contributed by atoms with Crippen molar-refractivity contribution in [1.82, 2.24) is 9.97 Å². The van der Waals surface area contributed by atoms with E-state index < -0.39 is 5.60 Å². The summed E-state index contributed by atoms with van der Waals surface area (Å²) in [7, 11) is 0. The van der Waals surface area contributed by atoms with Gasteiger partial charge in [0, 0.05) is 18.0 Å². The number of fused-ring (bicyclic) bond motifs is 1. The van der Waals surface area contributed by atoms with Gasteiger partial charge in [0.2, 0.25) is 0 Å². The lowest BCUT2D eigenvalue weighted by Crippen LogP contribution is -2.46. The van der Waals surface area contributed by atoms with Gasteiger partial charge in [0.15, 0.2) is 0 Å².